The lowest BCUT2D eigenvalue weighted by molar-refractivity contribution is -0.155. The van der Waals surface area contributed by atoms with Gasteiger partial charge in [-0.1, -0.05) is 38.5 Å². The van der Waals surface area contributed by atoms with E-state index in [2.05, 4.69) is 0 Å². The third-order valence-electron chi connectivity index (χ3n) is 3.81. The van der Waals surface area contributed by atoms with E-state index in [1.807, 2.05) is 6.92 Å². The fraction of sp³-hybridized carbons (Fsp3) is 0.471. The van der Waals surface area contributed by atoms with E-state index in [1.54, 1.807) is 19.1 Å². The first-order chi connectivity index (χ1) is 10.5. The average Bonchev–Trinajstić information content (AvgIpc) is 2.73. The summed E-state index contributed by atoms with van der Waals surface area (Å²) >= 11 is 0. The van der Waals surface area contributed by atoms with E-state index >= 15 is 0 Å². The number of carbonyl (C=O) groups is 3. The van der Waals surface area contributed by atoms with Gasteiger partial charge in [0.05, 0.1) is 6.61 Å². The van der Waals surface area contributed by atoms with Crippen molar-refractivity contribution in [3.8, 4) is 0 Å². The number of benzene rings is 1. The zero-order valence-electron chi connectivity index (χ0n) is 12.8. The van der Waals surface area contributed by atoms with Crippen LogP contribution in [0.1, 0.15) is 59.4 Å². The molecular formula is C17H20O5. The molecule has 0 fully saturated rings. The Morgan fingerprint density at radius 1 is 1.18 bits per heavy atom. The predicted octanol–water partition coefficient (Wildman–Crippen LogP) is 2.09. The number of rotatable bonds is 6. The summed E-state index contributed by atoms with van der Waals surface area (Å²) in [6.07, 6.45) is 2.96. The Morgan fingerprint density at radius 3 is 2.55 bits per heavy atom. The molecule has 1 aliphatic carbocycles. The molecule has 118 valence electrons. The molecule has 0 aliphatic heterocycles. The van der Waals surface area contributed by atoms with E-state index < -0.39 is 23.1 Å². The van der Waals surface area contributed by atoms with Crippen LogP contribution >= 0.6 is 0 Å². The maximum Gasteiger partial charge on any atom is 0.354 e. The molecule has 2 rings (SSSR count). The first kappa shape index (κ1) is 16.4. The zero-order valence-corrected chi connectivity index (χ0v) is 12.8. The highest BCUT2D eigenvalue weighted by Gasteiger charge is 2.59. The van der Waals surface area contributed by atoms with E-state index in [1.165, 1.54) is 6.07 Å². The monoisotopic (exact) mass is 304 g/mol. The van der Waals surface area contributed by atoms with Crippen molar-refractivity contribution in [3.63, 3.8) is 0 Å². The average molecular weight is 304 g/mol. The summed E-state index contributed by atoms with van der Waals surface area (Å²) in [4.78, 5) is 37.0. The van der Waals surface area contributed by atoms with Gasteiger partial charge in [-0.3, -0.25) is 9.59 Å². The number of hydrogen-bond acceptors (Lipinski definition) is 5. The highest BCUT2D eigenvalue weighted by Crippen LogP contribution is 2.34. The highest BCUT2D eigenvalue weighted by atomic mass is 16.6. The number of carbonyl (C=O) groups excluding carboxylic acids is 3. The molecule has 5 nitrogen and oxygen atoms in total. The number of esters is 1. The van der Waals surface area contributed by atoms with E-state index in [9.17, 15) is 19.5 Å². The Morgan fingerprint density at radius 2 is 1.91 bits per heavy atom. The van der Waals surface area contributed by atoms with Gasteiger partial charge in [-0.2, -0.15) is 0 Å². The van der Waals surface area contributed by atoms with E-state index in [0.717, 1.165) is 12.8 Å². The second-order valence-corrected chi connectivity index (χ2v) is 5.45. The number of hydrogen-bond donors (Lipinski definition) is 1. The number of Topliss-reactive ketones (excluding diaryl/α,β-unsaturated/α-hetero) is 2. The summed E-state index contributed by atoms with van der Waals surface area (Å²) in [6, 6.07) is 4.89. The van der Waals surface area contributed by atoms with Crippen LogP contribution in [-0.4, -0.2) is 34.9 Å². The third-order valence-corrected chi connectivity index (χ3v) is 3.81. The lowest BCUT2D eigenvalue weighted by Crippen LogP contribution is -2.50. The first-order valence-electron chi connectivity index (χ1n) is 7.59. The van der Waals surface area contributed by atoms with Crippen LogP contribution in [0, 0.1) is 0 Å². The van der Waals surface area contributed by atoms with E-state index in [4.69, 9.17) is 4.74 Å². The normalized spacial score (nSPS) is 20.1. The van der Waals surface area contributed by atoms with Gasteiger partial charge in [-0.25, -0.2) is 4.79 Å². The van der Waals surface area contributed by atoms with E-state index in [0.29, 0.717) is 18.4 Å². The number of ether oxygens (including phenoxy) is 1. The summed E-state index contributed by atoms with van der Waals surface area (Å²) in [5, 5.41) is 10.4. The van der Waals surface area contributed by atoms with Crippen LogP contribution in [0.15, 0.2) is 18.2 Å². The van der Waals surface area contributed by atoms with Gasteiger partial charge in [0.15, 0.2) is 0 Å². The van der Waals surface area contributed by atoms with Crippen LogP contribution in [0.4, 0.5) is 0 Å². The molecule has 22 heavy (non-hydrogen) atoms. The van der Waals surface area contributed by atoms with Crippen molar-refractivity contribution in [2.75, 3.05) is 6.61 Å². The van der Waals surface area contributed by atoms with Gasteiger partial charge in [-0.15, -0.1) is 0 Å². The van der Waals surface area contributed by atoms with Crippen molar-refractivity contribution in [2.45, 2.75) is 45.1 Å². The Balaban J connectivity index is 2.42. The Bertz CT molecular complexity index is 619. The van der Waals surface area contributed by atoms with Gasteiger partial charge in [0, 0.05) is 11.1 Å². The van der Waals surface area contributed by atoms with Crippen molar-refractivity contribution < 1.29 is 24.2 Å². The molecule has 0 bridgehead atoms. The van der Waals surface area contributed by atoms with Crippen molar-refractivity contribution in [1.82, 2.24) is 0 Å². The molecule has 1 aromatic carbocycles. The van der Waals surface area contributed by atoms with Crippen LogP contribution in [-0.2, 0) is 16.0 Å². The Kier molecular flexibility index (Phi) is 4.76. The van der Waals surface area contributed by atoms with Gasteiger partial charge in [-0.05, 0) is 24.8 Å². The summed E-state index contributed by atoms with van der Waals surface area (Å²) in [6.45, 7) is 3.86. The molecule has 0 spiro atoms. The summed E-state index contributed by atoms with van der Waals surface area (Å²) in [7, 11) is 0. The quantitative estimate of drug-likeness (QED) is 0.643. The minimum Gasteiger partial charge on any atom is -0.463 e. The number of aryl methyl sites for hydroxylation is 1. The first-order valence-corrected chi connectivity index (χ1v) is 7.59. The van der Waals surface area contributed by atoms with Crippen LogP contribution in [0.2, 0.25) is 0 Å². The van der Waals surface area contributed by atoms with Gasteiger partial charge in [0.1, 0.15) is 0 Å². The molecule has 0 heterocycles. The van der Waals surface area contributed by atoms with Crippen LogP contribution in [0.25, 0.3) is 0 Å². The summed E-state index contributed by atoms with van der Waals surface area (Å²) < 4.78 is 4.84. The molecule has 1 unspecified atom stereocenters. The number of unbranched alkanes of at least 4 members (excludes halogenated alkanes) is 1. The molecule has 1 aromatic rings. The molecule has 1 N–H and O–H groups in total. The summed E-state index contributed by atoms with van der Waals surface area (Å²) in [5.74, 6) is -2.92. The molecule has 0 amide bonds. The topological polar surface area (TPSA) is 80.7 Å². The fourth-order valence-corrected chi connectivity index (χ4v) is 2.60. The van der Waals surface area contributed by atoms with Gasteiger partial charge >= 0.3 is 5.97 Å². The van der Waals surface area contributed by atoms with Gasteiger partial charge < -0.3 is 9.84 Å². The smallest absolute Gasteiger partial charge is 0.354 e. The van der Waals surface area contributed by atoms with Gasteiger partial charge in [0.25, 0.3) is 5.60 Å². The third kappa shape index (κ3) is 2.46. The fourth-order valence-electron chi connectivity index (χ4n) is 2.60. The molecule has 0 aromatic heterocycles. The predicted molar refractivity (Wildman–Crippen MR) is 79.9 cm³/mol. The maximum atomic E-state index is 12.5. The summed E-state index contributed by atoms with van der Waals surface area (Å²) in [5.41, 5.74) is -1.76. The van der Waals surface area contributed by atoms with Gasteiger partial charge in [0.2, 0.25) is 11.6 Å². The lowest BCUT2D eigenvalue weighted by Gasteiger charge is -2.17. The standard InChI is InChI=1S/C17H20O5/c1-3-5-7-11-8-6-9-12-13(11)15(19)17(21,14(12)18)16(20)22-10-4-2/h6,8-9,21H,3-5,7,10H2,1-2H3. The zero-order chi connectivity index (χ0) is 16.3. The maximum absolute atomic E-state index is 12.5. The van der Waals surface area contributed by atoms with Crippen LogP contribution < -0.4 is 0 Å². The van der Waals surface area contributed by atoms with E-state index in [-0.39, 0.29) is 17.7 Å². The largest absolute Gasteiger partial charge is 0.463 e. The highest BCUT2D eigenvalue weighted by molar-refractivity contribution is 6.41. The molecule has 0 saturated heterocycles. The lowest BCUT2D eigenvalue weighted by atomic mass is 9.96. The van der Waals surface area contributed by atoms with Crippen molar-refractivity contribution in [3.05, 3.63) is 34.9 Å². The number of aliphatic hydroxyl groups is 1. The minimum absolute atomic E-state index is 0.0563. The molecular weight excluding hydrogens is 284 g/mol. The van der Waals surface area contributed by atoms with Crippen molar-refractivity contribution in [2.24, 2.45) is 0 Å². The van der Waals surface area contributed by atoms with Crippen LogP contribution in [0.5, 0.6) is 0 Å². The van der Waals surface area contributed by atoms with Crippen LogP contribution in [0.3, 0.4) is 0 Å². The number of ketones is 2. The molecule has 0 radical (unpaired) electrons. The Labute approximate surface area is 129 Å². The number of fused-ring (bicyclic) bond motifs is 1. The molecule has 5 heteroatoms. The SMILES string of the molecule is CCCCc1cccc2c1C(=O)C(O)(C(=O)OCCC)C2=O. The molecule has 0 saturated carbocycles. The second kappa shape index (κ2) is 6.40. The molecule has 1 aliphatic rings. The minimum atomic E-state index is -2.72. The Hall–Kier alpha value is -2.01. The second-order valence-electron chi connectivity index (χ2n) is 5.45. The molecule has 1 atom stereocenters. The van der Waals surface area contributed by atoms with Crippen molar-refractivity contribution in [1.29, 1.82) is 0 Å². The van der Waals surface area contributed by atoms with Crippen molar-refractivity contribution >= 4 is 17.5 Å².